The molecule has 0 aliphatic heterocycles. The predicted molar refractivity (Wildman–Crippen MR) is 48.6 cm³/mol. The molecule has 0 N–H and O–H groups in total. The van der Waals surface area contributed by atoms with Gasteiger partial charge in [0.25, 0.3) is 0 Å². The molecule has 0 radical (unpaired) electrons. The Morgan fingerprint density at radius 3 is 2.64 bits per heavy atom. The van der Waals surface area contributed by atoms with Crippen LogP contribution >= 0.6 is 27.5 Å². The number of aryl methyl sites for hydroxylation is 1. The van der Waals surface area contributed by atoms with Gasteiger partial charge in [-0.15, -0.1) is 0 Å². The minimum atomic E-state index is 0.506. The van der Waals surface area contributed by atoms with Gasteiger partial charge < -0.3 is 0 Å². The van der Waals surface area contributed by atoms with Crippen molar-refractivity contribution >= 4 is 27.5 Å². The monoisotopic (exact) mass is 229 g/mol. The summed E-state index contributed by atoms with van der Waals surface area (Å²) in [6.07, 6.45) is 0. The zero-order valence-electron chi connectivity index (χ0n) is 5.86. The number of halogens is 2. The standard InChI is InChI=1S/C8H5BrClN/c1-5-2-3-7(9)6(4-11)8(5)10/h2-3H,1H3. The molecule has 3 heteroatoms. The van der Waals surface area contributed by atoms with Crippen molar-refractivity contribution in [3.8, 4) is 6.07 Å². The Bertz CT molecular complexity index is 328. The highest BCUT2D eigenvalue weighted by atomic mass is 79.9. The number of benzene rings is 1. The van der Waals surface area contributed by atoms with Gasteiger partial charge in [-0.3, -0.25) is 0 Å². The molecule has 0 atom stereocenters. The van der Waals surface area contributed by atoms with Gasteiger partial charge >= 0.3 is 0 Å². The highest BCUT2D eigenvalue weighted by molar-refractivity contribution is 9.10. The van der Waals surface area contributed by atoms with Crippen LogP contribution < -0.4 is 0 Å². The van der Waals surface area contributed by atoms with Crippen LogP contribution in [0.5, 0.6) is 0 Å². The fourth-order valence-electron chi connectivity index (χ4n) is 0.759. The average molecular weight is 230 g/mol. The second kappa shape index (κ2) is 3.25. The number of rotatable bonds is 0. The van der Waals surface area contributed by atoms with E-state index in [-0.39, 0.29) is 0 Å². The van der Waals surface area contributed by atoms with Crippen molar-refractivity contribution in [1.29, 1.82) is 5.26 Å². The van der Waals surface area contributed by atoms with E-state index in [2.05, 4.69) is 15.9 Å². The highest BCUT2D eigenvalue weighted by Crippen LogP contribution is 2.26. The molecule has 1 nitrogen and oxygen atoms in total. The summed E-state index contributed by atoms with van der Waals surface area (Å²) >= 11 is 9.08. The van der Waals surface area contributed by atoms with E-state index in [1.807, 2.05) is 25.1 Å². The summed E-state index contributed by atoms with van der Waals surface area (Å²) in [5, 5.41) is 9.19. The minimum Gasteiger partial charge on any atom is -0.192 e. The van der Waals surface area contributed by atoms with E-state index in [1.54, 1.807) is 0 Å². The third-order valence-electron chi connectivity index (χ3n) is 1.40. The lowest BCUT2D eigenvalue weighted by molar-refractivity contribution is 1.40. The van der Waals surface area contributed by atoms with Crippen LogP contribution in [-0.2, 0) is 0 Å². The molecule has 0 saturated carbocycles. The summed E-state index contributed by atoms with van der Waals surface area (Å²) in [4.78, 5) is 0. The maximum absolute atomic E-state index is 8.66. The molecule has 0 aromatic heterocycles. The van der Waals surface area contributed by atoms with E-state index < -0.39 is 0 Å². The summed E-state index contributed by atoms with van der Waals surface area (Å²) in [5.74, 6) is 0. The van der Waals surface area contributed by atoms with Crippen molar-refractivity contribution in [2.45, 2.75) is 6.92 Å². The molecular formula is C8H5BrClN. The molecule has 0 spiro atoms. The summed E-state index contributed by atoms with van der Waals surface area (Å²) in [6.45, 7) is 1.87. The van der Waals surface area contributed by atoms with E-state index in [4.69, 9.17) is 16.9 Å². The fourth-order valence-corrected chi connectivity index (χ4v) is 1.50. The van der Waals surface area contributed by atoms with E-state index in [0.29, 0.717) is 10.6 Å². The van der Waals surface area contributed by atoms with Crippen LogP contribution in [0, 0.1) is 18.3 Å². The number of nitrogens with zero attached hydrogens (tertiary/aromatic N) is 1. The molecule has 1 aromatic rings. The third-order valence-corrected chi connectivity index (χ3v) is 2.54. The van der Waals surface area contributed by atoms with E-state index in [9.17, 15) is 0 Å². The van der Waals surface area contributed by atoms with Crippen LogP contribution in [-0.4, -0.2) is 0 Å². The second-order valence-electron chi connectivity index (χ2n) is 2.17. The summed E-state index contributed by atoms with van der Waals surface area (Å²) in [5.41, 5.74) is 1.43. The summed E-state index contributed by atoms with van der Waals surface area (Å²) in [6, 6.07) is 5.71. The van der Waals surface area contributed by atoms with E-state index in [0.717, 1.165) is 10.0 Å². The molecule has 0 fully saturated rings. The largest absolute Gasteiger partial charge is 0.192 e. The zero-order valence-corrected chi connectivity index (χ0v) is 8.20. The molecule has 1 rings (SSSR count). The first kappa shape index (κ1) is 8.58. The Hall–Kier alpha value is -0.520. The molecule has 0 unspecified atom stereocenters. The first-order chi connectivity index (χ1) is 5.16. The van der Waals surface area contributed by atoms with Crippen molar-refractivity contribution < 1.29 is 0 Å². The Balaban J connectivity index is 3.44. The Morgan fingerprint density at radius 2 is 2.18 bits per heavy atom. The van der Waals surface area contributed by atoms with Gasteiger partial charge in [0.05, 0.1) is 10.6 Å². The SMILES string of the molecule is Cc1ccc(Br)c(C#N)c1Cl. The van der Waals surface area contributed by atoms with Crippen LogP contribution in [0.15, 0.2) is 16.6 Å². The van der Waals surface area contributed by atoms with E-state index >= 15 is 0 Å². The van der Waals surface area contributed by atoms with Crippen molar-refractivity contribution in [3.63, 3.8) is 0 Å². The lowest BCUT2D eigenvalue weighted by Crippen LogP contribution is -1.82. The molecular weight excluding hydrogens is 225 g/mol. The third kappa shape index (κ3) is 1.55. The van der Waals surface area contributed by atoms with Gasteiger partial charge in [-0.05, 0) is 34.5 Å². The van der Waals surface area contributed by atoms with Crippen LogP contribution in [0.2, 0.25) is 5.02 Å². The predicted octanol–water partition coefficient (Wildman–Crippen LogP) is 3.28. The number of nitriles is 1. The van der Waals surface area contributed by atoms with E-state index in [1.165, 1.54) is 0 Å². The molecule has 0 bridgehead atoms. The number of hydrogen-bond acceptors (Lipinski definition) is 1. The van der Waals surface area contributed by atoms with Crippen LogP contribution in [0.25, 0.3) is 0 Å². The summed E-state index contributed by atoms with van der Waals surface area (Å²) in [7, 11) is 0. The molecule has 11 heavy (non-hydrogen) atoms. The van der Waals surface area contributed by atoms with Gasteiger partial charge in [-0.25, -0.2) is 0 Å². The second-order valence-corrected chi connectivity index (χ2v) is 3.40. The molecule has 1 aromatic carbocycles. The van der Waals surface area contributed by atoms with Crippen LogP contribution in [0.3, 0.4) is 0 Å². The van der Waals surface area contributed by atoms with Crippen molar-refractivity contribution in [2.24, 2.45) is 0 Å². The Kier molecular flexibility index (Phi) is 2.53. The fraction of sp³-hybridized carbons (Fsp3) is 0.125. The average Bonchev–Trinajstić information content (AvgIpc) is 1.99. The van der Waals surface area contributed by atoms with Crippen LogP contribution in [0.1, 0.15) is 11.1 Å². The van der Waals surface area contributed by atoms with Gasteiger partial charge in [0.2, 0.25) is 0 Å². The van der Waals surface area contributed by atoms with Gasteiger partial charge in [-0.1, -0.05) is 17.7 Å². The first-order valence-electron chi connectivity index (χ1n) is 3.01. The van der Waals surface area contributed by atoms with Crippen molar-refractivity contribution in [1.82, 2.24) is 0 Å². The quantitative estimate of drug-likeness (QED) is 0.671. The van der Waals surface area contributed by atoms with Crippen molar-refractivity contribution in [3.05, 3.63) is 32.8 Å². The van der Waals surface area contributed by atoms with Gasteiger partial charge in [0.1, 0.15) is 6.07 Å². The first-order valence-corrected chi connectivity index (χ1v) is 4.18. The maximum atomic E-state index is 8.66. The van der Waals surface area contributed by atoms with Gasteiger partial charge in [0, 0.05) is 4.47 Å². The molecule has 0 saturated heterocycles. The van der Waals surface area contributed by atoms with Gasteiger partial charge in [-0.2, -0.15) is 5.26 Å². The Labute approximate surface area is 78.7 Å². The smallest absolute Gasteiger partial charge is 0.102 e. The molecule has 0 aliphatic rings. The lowest BCUT2D eigenvalue weighted by Gasteiger charge is -2.00. The van der Waals surface area contributed by atoms with Crippen molar-refractivity contribution in [2.75, 3.05) is 0 Å². The molecule has 0 amide bonds. The molecule has 56 valence electrons. The van der Waals surface area contributed by atoms with Gasteiger partial charge in [0.15, 0.2) is 0 Å². The zero-order chi connectivity index (χ0) is 8.43. The van der Waals surface area contributed by atoms with Crippen LogP contribution in [0.4, 0.5) is 0 Å². The lowest BCUT2D eigenvalue weighted by atomic mass is 10.1. The normalized spacial score (nSPS) is 9.27. The minimum absolute atomic E-state index is 0.506. The summed E-state index contributed by atoms with van der Waals surface area (Å²) < 4.78 is 0.746. The molecule has 0 aliphatic carbocycles. The Morgan fingerprint density at radius 1 is 1.55 bits per heavy atom. The molecule has 0 heterocycles. The number of hydrogen-bond donors (Lipinski definition) is 0. The highest BCUT2D eigenvalue weighted by Gasteiger charge is 2.05. The topological polar surface area (TPSA) is 23.8 Å². The maximum Gasteiger partial charge on any atom is 0.102 e.